The second-order valence-electron chi connectivity index (χ2n) is 7.37. The lowest BCUT2D eigenvalue weighted by atomic mass is 10.1. The van der Waals surface area contributed by atoms with Crippen LogP contribution in [0.3, 0.4) is 0 Å². The van der Waals surface area contributed by atoms with Crippen LogP contribution in [-0.4, -0.2) is 53.1 Å². The molecule has 0 bridgehead atoms. The Morgan fingerprint density at radius 3 is 2.48 bits per heavy atom. The molecule has 0 radical (unpaired) electrons. The molecule has 0 saturated heterocycles. The molecule has 1 atom stereocenters. The minimum atomic E-state index is -1.08. The molecule has 152 valence electrons. The van der Waals surface area contributed by atoms with Crippen molar-refractivity contribution in [2.45, 2.75) is 19.9 Å². The molecular weight excluding hydrogens is 374 g/mol. The van der Waals surface area contributed by atoms with Crippen LogP contribution >= 0.6 is 0 Å². The van der Waals surface area contributed by atoms with Crippen LogP contribution in [0.15, 0.2) is 40.9 Å². The van der Waals surface area contributed by atoms with Gasteiger partial charge in [-0.3, -0.25) is 9.78 Å². The maximum Gasteiger partial charge on any atom is 0.350 e. The van der Waals surface area contributed by atoms with E-state index in [9.17, 15) is 14.7 Å². The van der Waals surface area contributed by atoms with Gasteiger partial charge >= 0.3 is 5.91 Å². The number of likely N-dealkylation sites (N-methyl/N-ethyl adjacent to an activating group) is 1. The summed E-state index contributed by atoms with van der Waals surface area (Å²) in [6.07, 6.45) is 1.62. The normalized spacial score (nSPS) is 12.7. The van der Waals surface area contributed by atoms with Gasteiger partial charge in [0.05, 0.1) is 20.3 Å². The average molecular weight is 398 g/mol. The van der Waals surface area contributed by atoms with E-state index < -0.39 is 28.9 Å². The monoisotopic (exact) mass is 398 g/mol. The lowest BCUT2D eigenvalue weighted by Gasteiger charge is -2.32. The summed E-state index contributed by atoms with van der Waals surface area (Å²) in [4.78, 5) is 29.2. The fourth-order valence-electron chi connectivity index (χ4n) is 3.22. The Balaban J connectivity index is 2.03. The number of carbonyl (C=O) groups is 2. The molecule has 1 aromatic carbocycles. The molecule has 2 heterocycles. The summed E-state index contributed by atoms with van der Waals surface area (Å²) >= 11 is 0. The van der Waals surface area contributed by atoms with Gasteiger partial charge in [0.25, 0.3) is 5.91 Å². The number of fused-ring (bicyclic) bond motifs is 1. The molecule has 3 N–H and O–H groups in total. The zero-order valence-corrected chi connectivity index (χ0v) is 16.8. The molecule has 3 aromatic rings. The van der Waals surface area contributed by atoms with E-state index in [2.05, 4.69) is 4.98 Å². The van der Waals surface area contributed by atoms with Crippen molar-refractivity contribution >= 4 is 22.8 Å². The molecule has 1 unspecified atom stereocenters. The number of hydrogen-bond acceptors (Lipinski definition) is 6. The number of nitrogens with zero attached hydrogens (tertiary/aromatic N) is 2. The molecule has 8 nitrogen and oxygen atoms in total. The van der Waals surface area contributed by atoms with E-state index in [-0.39, 0.29) is 0 Å². The first-order valence-corrected chi connectivity index (χ1v) is 9.07. The number of rotatable bonds is 6. The Morgan fingerprint density at radius 2 is 1.90 bits per heavy atom. The number of aliphatic hydroxyl groups is 1. The van der Waals surface area contributed by atoms with E-state index >= 15 is 0 Å². The number of primary amides is 1. The first kappa shape index (κ1) is 20.5. The fraction of sp³-hybridized carbons (Fsp3) is 0.286. The van der Waals surface area contributed by atoms with Crippen LogP contribution in [0.2, 0.25) is 0 Å². The predicted octanol–water partition coefficient (Wildman–Crippen LogP) is 2.30. The van der Waals surface area contributed by atoms with E-state index in [0.717, 1.165) is 5.69 Å². The topological polar surface area (TPSA) is 116 Å². The average Bonchev–Trinajstić information content (AvgIpc) is 2.98. The molecule has 0 spiro atoms. The van der Waals surface area contributed by atoms with E-state index in [1.807, 2.05) is 13.0 Å². The van der Waals surface area contributed by atoms with Crippen LogP contribution in [-0.2, 0) is 4.79 Å². The first-order chi connectivity index (χ1) is 13.6. The molecular formula is C21H24N3O5+. The smallest absolute Gasteiger partial charge is 0.350 e. The van der Waals surface area contributed by atoms with Gasteiger partial charge < -0.3 is 20.0 Å². The molecule has 0 aliphatic rings. The SMILES string of the molecule is Cc1ccc(Oc2ccc3oc(C)c(C(=O)[N+](C)(C)C(CO)C(N)=O)c3c2)cn1. The van der Waals surface area contributed by atoms with Crippen LogP contribution in [0.5, 0.6) is 11.5 Å². The standard InChI is InChI=1S/C21H23N3O5/c1-12-5-6-15(10-23-12)29-14-7-8-18-16(9-14)19(13(2)28-18)21(27)24(3,4)17(11-25)20(22)26/h5-10,17,25H,11H2,1-4H3,(H-,22,26)/p+1. The van der Waals surface area contributed by atoms with Gasteiger partial charge in [0.1, 0.15) is 35.0 Å². The Labute approximate surface area is 168 Å². The summed E-state index contributed by atoms with van der Waals surface area (Å²) in [6, 6.07) is 7.72. The number of aromatic nitrogens is 1. The van der Waals surface area contributed by atoms with E-state index in [4.69, 9.17) is 14.9 Å². The van der Waals surface area contributed by atoms with Gasteiger partial charge in [-0.2, -0.15) is 0 Å². The van der Waals surface area contributed by atoms with Gasteiger partial charge in [0.2, 0.25) is 0 Å². The zero-order valence-electron chi connectivity index (χ0n) is 16.8. The molecule has 3 rings (SSSR count). The lowest BCUT2D eigenvalue weighted by Crippen LogP contribution is -2.60. The minimum Gasteiger partial charge on any atom is -0.460 e. The predicted molar refractivity (Wildman–Crippen MR) is 107 cm³/mol. The largest absolute Gasteiger partial charge is 0.460 e. The summed E-state index contributed by atoms with van der Waals surface area (Å²) in [5.41, 5.74) is 7.08. The van der Waals surface area contributed by atoms with Crippen molar-refractivity contribution in [2.75, 3.05) is 20.7 Å². The lowest BCUT2D eigenvalue weighted by molar-refractivity contribution is -0.825. The molecule has 0 fully saturated rings. The van der Waals surface area contributed by atoms with Crippen LogP contribution in [0.25, 0.3) is 11.0 Å². The van der Waals surface area contributed by atoms with Crippen molar-refractivity contribution in [3.05, 3.63) is 53.5 Å². The van der Waals surface area contributed by atoms with Crippen molar-refractivity contribution in [1.29, 1.82) is 0 Å². The maximum absolute atomic E-state index is 13.3. The second kappa shape index (κ2) is 7.65. The quantitative estimate of drug-likeness (QED) is 0.616. The molecule has 2 amide bonds. The number of aliphatic hydroxyl groups excluding tert-OH is 1. The van der Waals surface area contributed by atoms with E-state index in [0.29, 0.717) is 33.8 Å². The second-order valence-corrected chi connectivity index (χ2v) is 7.37. The first-order valence-electron chi connectivity index (χ1n) is 9.07. The summed E-state index contributed by atoms with van der Waals surface area (Å²) in [5, 5.41) is 10.1. The number of hydrogen-bond donors (Lipinski definition) is 2. The molecule has 8 heteroatoms. The zero-order chi connectivity index (χ0) is 21.3. The molecule has 29 heavy (non-hydrogen) atoms. The number of benzene rings is 1. The number of aryl methyl sites for hydroxylation is 2. The Morgan fingerprint density at radius 1 is 1.21 bits per heavy atom. The summed E-state index contributed by atoms with van der Waals surface area (Å²) in [6.45, 7) is 3.02. The molecule has 0 saturated carbocycles. The minimum absolute atomic E-state index is 0.317. The van der Waals surface area contributed by atoms with Gasteiger partial charge in [-0.25, -0.2) is 9.28 Å². The highest BCUT2D eigenvalue weighted by atomic mass is 16.5. The van der Waals surface area contributed by atoms with Crippen molar-refractivity contribution < 1.29 is 28.3 Å². The number of amides is 2. The van der Waals surface area contributed by atoms with Crippen LogP contribution in [0.4, 0.5) is 0 Å². The van der Waals surface area contributed by atoms with Gasteiger partial charge in [0.15, 0.2) is 6.04 Å². The Hall–Kier alpha value is -3.23. The van der Waals surface area contributed by atoms with Gasteiger partial charge in [0, 0.05) is 11.1 Å². The number of ether oxygens (including phenoxy) is 1. The highest BCUT2D eigenvalue weighted by Gasteiger charge is 2.42. The van der Waals surface area contributed by atoms with Crippen molar-refractivity contribution in [3.8, 4) is 11.5 Å². The highest BCUT2D eigenvalue weighted by Crippen LogP contribution is 2.33. The Kier molecular flexibility index (Phi) is 5.41. The number of nitrogens with two attached hydrogens (primary N) is 1. The molecule has 0 aliphatic carbocycles. The van der Waals surface area contributed by atoms with Crippen molar-refractivity contribution in [1.82, 2.24) is 4.98 Å². The Bertz CT molecular complexity index is 1070. The van der Waals surface area contributed by atoms with Crippen LogP contribution < -0.4 is 10.5 Å². The van der Waals surface area contributed by atoms with Gasteiger partial charge in [-0.15, -0.1) is 0 Å². The number of quaternary nitrogens is 1. The summed E-state index contributed by atoms with van der Waals surface area (Å²) in [5.74, 6) is 0.331. The van der Waals surface area contributed by atoms with E-state index in [1.54, 1.807) is 37.4 Å². The molecule has 0 aliphatic heterocycles. The van der Waals surface area contributed by atoms with Crippen LogP contribution in [0.1, 0.15) is 21.8 Å². The van der Waals surface area contributed by atoms with Gasteiger partial charge in [-0.05, 0) is 44.2 Å². The summed E-state index contributed by atoms with van der Waals surface area (Å²) < 4.78 is 11.1. The van der Waals surface area contributed by atoms with Crippen molar-refractivity contribution in [2.24, 2.45) is 5.73 Å². The number of pyridine rings is 1. The summed E-state index contributed by atoms with van der Waals surface area (Å²) in [7, 11) is 3.06. The van der Waals surface area contributed by atoms with Crippen LogP contribution in [0, 0.1) is 13.8 Å². The number of carbonyl (C=O) groups excluding carboxylic acids is 2. The molecule has 2 aromatic heterocycles. The third-order valence-electron chi connectivity index (χ3n) is 4.97. The fourth-order valence-corrected chi connectivity index (χ4v) is 3.22. The third kappa shape index (κ3) is 3.85. The maximum atomic E-state index is 13.3. The highest BCUT2D eigenvalue weighted by molar-refractivity contribution is 6.05. The third-order valence-corrected chi connectivity index (χ3v) is 4.97. The van der Waals surface area contributed by atoms with Gasteiger partial charge in [-0.1, -0.05) is 0 Å². The van der Waals surface area contributed by atoms with E-state index in [1.165, 1.54) is 14.1 Å². The van der Waals surface area contributed by atoms with Crippen molar-refractivity contribution in [3.63, 3.8) is 0 Å². The number of furan rings is 1.